The highest BCUT2D eigenvalue weighted by atomic mass is 32.2. The Labute approximate surface area is 189 Å². The molecule has 0 amide bonds. The van der Waals surface area contributed by atoms with Crippen LogP contribution in [0.15, 0.2) is 35.2 Å². The maximum absolute atomic E-state index is 13.3. The van der Waals surface area contributed by atoms with Gasteiger partial charge in [-0.2, -0.15) is 13.2 Å². The molecule has 2 aliphatic rings. The van der Waals surface area contributed by atoms with Gasteiger partial charge in [0.15, 0.2) is 17.3 Å². The molecule has 1 N–H and O–H groups in total. The molecule has 4 rings (SSSR count). The second-order valence-corrected chi connectivity index (χ2v) is 9.02. The quantitative estimate of drug-likeness (QED) is 0.640. The molecule has 1 saturated heterocycles. The summed E-state index contributed by atoms with van der Waals surface area (Å²) in [4.78, 5) is 15.6. The van der Waals surface area contributed by atoms with Crippen LogP contribution in [-0.4, -0.2) is 51.7 Å². The van der Waals surface area contributed by atoms with E-state index in [1.165, 1.54) is 12.1 Å². The van der Waals surface area contributed by atoms with Crippen molar-refractivity contribution in [2.24, 2.45) is 5.92 Å². The van der Waals surface area contributed by atoms with Gasteiger partial charge in [0.2, 0.25) is 0 Å². The first-order valence-electron chi connectivity index (χ1n) is 10.4. The van der Waals surface area contributed by atoms with Crippen molar-refractivity contribution in [2.45, 2.75) is 23.2 Å². The second-order valence-electron chi connectivity index (χ2n) is 7.89. The number of rotatable bonds is 6. The highest BCUT2D eigenvalue weighted by molar-refractivity contribution is 8.00. The summed E-state index contributed by atoms with van der Waals surface area (Å²) in [5.74, 6) is 0.924. The second kappa shape index (κ2) is 9.23. The van der Waals surface area contributed by atoms with Crippen molar-refractivity contribution >= 4 is 23.2 Å². The number of nitrogens with zero attached hydrogens (tertiary/aromatic N) is 1. The third-order valence-corrected chi connectivity index (χ3v) is 6.65. The number of ether oxygens (including phenoxy) is 2. The molecule has 0 bridgehead atoms. The lowest BCUT2D eigenvalue weighted by Gasteiger charge is -2.32. The summed E-state index contributed by atoms with van der Waals surface area (Å²) in [5, 5.41) is 3.33. The van der Waals surface area contributed by atoms with Crippen LogP contribution in [0.1, 0.15) is 21.5 Å². The van der Waals surface area contributed by atoms with Crippen LogP contribution in [0, 0.1) is 5.92 Å². The lowest BCUT2D eigenvalue weighted by Crippen LogP contribution is -2.44. The number of fused-ring (bicyclic) bond motifs is 1. The van der Waals surface area contributed by atoms with E-state index in [2.05, 4.69) is 10.2 Å². The molecule has 0 aromatic heterocycles. The number of carbonyl (C=O) groups is 1. The van der Waals surface area contributed by atoms with Gasteiger partial charge in [-0.1, -0.05) is 12.1 Å². The molecule has 2 aromatic rings. The molecule has 2 aromatic carbocycles. The van der Waals surface area contributed by atoms with Crippen LogP contribution in [0.5, 0.6) is 11.5 Å². The van der Waals surface area contributed by atoms with Crippen LogP contribution in [0.4, 0.5) is 18.9 Å². The van der Waals surface area contributed by atoms with Gasteiger partial charge >= 0.3 is 5.51 Å². The zero-order valence-electron chi connectivity index (χ0n) is 17.9. The number of ketones is 1. The fourth-order valence-electron chi connectivity index (χ4n) is 4.50. The van der Waals surface area contributed by atoms with Gasteiger partial charge in [-0.25, -0.2) is 0 Å². The number of alkyl halides is 3. The van der Waals surface area contributed by atoms with Gasteiger partial charge in [0.05, 0.1) is 19.9 Å². The number of methoxy groups -OCH3 is 2. The largest absolute Gasteiger partial charge is 0.493 e. The third kappa shape index (κ3) is 4.68. The third-order valence-electron chi connectivity index (χ3n) is 5.91. The SMILES string of the molecule is COc1cc2c(c(N3CCNCC3)c1OC)CC(Cc1ccc(SC(F)(F)F)cc1)C2=O. The number of hydrogen-bond acceptors (Lipinski definition) is 6. The van der Waals surface area contributed by atoms with Crippen LogP contribution in [-0.2, 0) is 12.8 Å². The van der Waals surface area contributed by atoms with Gasteiger partial charge in [-0.05, 0) is 53.9 Å². The van der Waals surface area contributed by atoms with E-state index < -0.39 is 5.51 Å². The van der Waals surface area contributed by atoms with Gasteiger partial charge in [0.1, 0.15) is 0 Å². The van der Waals surface area contributed by atoms with Crippen molar-refractivity contribution in [3.63, 3.8) is 0 Å². The molecular formula is C23H25F3N2O3S. The van der Waals surface area contributed by atoms with Gasteiger partial charge in [-0.15, -0.1) is 0 Å². The highest BCUT2D eigenvalue weighted by Gasteiger charge is 2.37. The first kappa shape index (κ1) is 22.8. The summed E-state index contributed by atoms with van der Waals surface area (Å²) in [6.45, 7) is 3.28. The number of anilines is 1. The van der Waals surface area contributed by atoms with Crippen molar-refractivity contribution in [3.8, 4) is 11.5 Å². The minimum Gasteiger partial charge on any atom is -0.493 e. The maximum Gasteiger partial charge on any atom is 0.446 e. The number of benzene rings is 2. The van der Waals surface area contributed by atoms with Crippen LogP contribution in [0.25, 0.3) is 0 Å². The summed E-state index contributed by atoms with van der Waals surface area (Å²) in [7, 11) is 3.16. The topological polar surface area (TPSA) is 50.8 Å². The molecular weight excluding hydrogens is 441 g/mol. The van der Waals surface area contributed by atoms with E-state index in [9.17, 15) is 18.0 Å². The van der Waals surface area contributed by atoms with Crippen molar-refractivity contribution in [2.75, 3.05) is 45.3 Å². The number of piperazine rings is 1. The molecule has 1 fully saturated rings. The first-order chi connectivity index (χ1) is 15.3. The standard InChI is InChI=1S/C23H25F3N2O3S/c1-30-19-13-18-17(20(22(19)31-2)28-9-7-27-8-10-28)12-15(21(18)29)11-14-3-5-16(6-4-14)32-23(24,25)26/h3-6,13,15,27H,7-12H2,1-2H3. The Kier molecular flexibility index (Phi) is 6.57. The van der Waals surface area contributed by atoms with Gasteiger partial charge in [0, 0.05) is 42.6 Å². The number of halogens is 3. The molecule has 9 heteroatoms. The van der Waals surface area contributed by atoms with Crippen molar-refractivity contribution < 1.29 is 27.4 Å². The Bertz CT molecular complexity index is 989. The van der Waals surface area contributed by atoms with Crippen LogP contribution >= 0.6 is 11.8 Å². The monoisotopic (exact) mass is 466 g/mol. The van der Waals surface area contributed by atoms with Gasteiger partial charge in [0.25, 0.3) is 0 Å². The summed E-state index contributed by atoms with van der Waals surface area (Å²) in [5.41, 5.74) is -0.959. The maximum atomic E-state index is 13.3. The predicted octanol–water partition coefficient (Wildman–Crippen LogP) is 4.32. The van der Waals surface area contributed by atoms with Crippen LogP contribution in [0.2, 0.25) is 0 Å². The Morgan fingerprint density at radius 3 is 2.41 bits per heavy atom. The summed E-state index contributed by atoms with van der Waals surface area (Å²) in [6.07, 6.45) is 1.03. The predicted molar refractivity (Wildman–Crippen MR) is 118 cm³/mol. The lowest BCUT2D eigenvalue weighted by atomic mass is 9.96. The molecule has 0 saturated carbocycles. The number of carbonyl (C=O) groups excluding carboxylic acids is 1. The molecule has 0 radical (unpaired) electrons. The van der Waals surface area contributed by atoms with E-state index >= 15 is 0 Å². The molecule has 172 valence electrons. The van der Waals surface area contributed by atoms with Crippen molar-refractivity contribution in [1.29, 1.82) is 0 Å². The van der Waals surface area contributed by atoms with Gasteiger partial charge in [-0.3, -0.25) is 4.79 Å². The van der Waals surface area contributed by atoms with Crippen LogP contribution in [0.3, 0.4) is 0 Å². The van der Waals surface area contributed by atoms with E-state index in [0.717, 1.165) is 43.0 Å². The Morgan fingerprint density at radius 2 is 1.81 bits per heavy atom. The molecule has 1 unspecified atom stereocenters. The minimum absolute atomic E-state index is 0.0334. The summed E-state index contributed by atoms with van der Waals surface area (Å²) < 4.78 is 49.0. The number of thioether (sulfide) groups is 1. The van der Waals surface area contributed by atoms with E-state index in [0.29, 0.717) is 29.9 Å². The zero-order chi connectivity index (χ0) is 22.9. The molecule has 1 atom stereocenters. The van der Waals surface area contributed by atoms with Crippen molar-refractivity contribution in [3.05, 3.63) is 47.0 Å². The van der Waals surface area contributed by atoms with E-state index in [-0.39, 0.29) is 28.4 Å². The Hall–Kier alpha value is -2.39. The smallest absolute Gasteiger partial charge is 0.446 e. The minimum atomic E-state index is -4.32. The van der Waals surface area contributed by atoms with Crippen molar-refractivity contribution in [1.82, 2.24) is 5.32 Å². The number of nitrogens with one attached hydrogen (secondary N) is 1. The highest BCUT2D eigenvalue weighted by Crippen LogP contribution is 2.47. The molecule has 1 aliphatic carbocycles. The number of hydrogen-bond donors (Lipinski definition) is 1. The molecule has 1 aliphatic heterocycles. The molecule has 5 nitrogen and oxygen atoms in total. The number of Topliss-reactive ketones (excluding diaryl/α,β-unsaturated/α-hetero) is 1. The zero-order valence-corrected chi connectivity index (χ0v) is 18.7. The van der Waals surface area contributed by atoms with Crippen LogP contribution < -0.4 is 19.7 Å². The Morgan fingerprint density at radius 1 is 1.12 bits per heavy atom. The fourth-order valence-corrected chi connectivity index (χ4v) is 5.04. The van der Waals surface area contributed by atoms with E-state index in [4.69, 9.17) is 9.47 Å². The lowest BCUT2D eigenvalue weighted by molar-refractivity contribution is -0.0328. The normalized spacial score (nSPS) is 18.6. The summed E-state index contributed by atoms with van der Waals surface area (Å²) >= 11 is -0.137. The molecule has 1 heterocycles. The average Bonchev–Trinajstić information content (AvgIpc) is 3.08. The fraction of sp³-hybridized carbons (Fsp3) is 0.435. The van der Waals surface area contributed by atoms with Gasteiger partial charge < -0.3 is 19.7 Å². The van der Waals surface area contributed by atoms with E-state index in [1.54, 1.807) is 32.4 Å². The van der Waals surface area contributed by atoms with E-state index in [1.807, 2.05) is 0 Å². The Balaban J connectivity index is 1.61. The molecule has 32 heavy (non-hydrogen) atoms. The summed E-state index contributed by atoms with van der Waals surface area (Å²) in [6, 6.07) is 8.01. The first-order valence-corrected chi connectivity index (χ1v) is 11.2. The average molecular weight is 467 g/mol. The molecule has 0 spiro atoms.